The molecule has 0 amide bonds. The summed E-state index contributed by atoms with van der Waals surface area (Å²) >= 11 is 5.96. The predicted octanol–water partition coefficient (Wildman–Crippen LogP) is 4.32. The third kappa shape index (κ3) is 2.05. The maximum Gasteiger partial charge on any atom is 0.101 e. The first-order valence-corrected chi connectivity index (χ1v) is 7.38. The molecule has 0 aromatic heterocycles. The van der Waals surface area contributed by atoms with Crippen LogP contribution < -0.4 is 0 Å². The molecule has 2 atom stereocenters. The fourth-order valence-corrected chi connectivity index (χ4v) is 3.43. The Morgan fingerprint density at radius 1 is 1.05 bits per heavy atom. The maximum atomic E-state index is 6.03. The molecule has 0 saturated carbocycles. The van der Waals surface area contributed by atoms with Crippen molar-refractivity contribution in [2.75, 3.05) is 6.73 Å². The van der Waals surface area contributed by atoms with Crippen LogP contribution in [0.25, 0.3) is 0 Å². The van der Waals surface area contributed by atoms with Gasteiger partial charge in [-0.05, 0) is 35.2 Å². The van der Waals surface area contributed by atoms with Gasteiger partial charge in [0.1, 0.15) is 6.73 Å². The third-order valence-electron chi connectivity index (χ3n) is 4.35. The van der Waals surface area contributed by atoms with Crippen molar-refractivity contribution in [1.29, 1.82) is 0 Å². The lowest BCUT2D eigenvalue weighted by Gasteiger charge is -2.35. The molecule has 3 heteroatoms. The van der Waals surface area contributed by atoms with E-state index in [0.717, 1.165) is 18.0 Å². The van der Waals surface area contributed by atoms with Crippen LogP contribution in [0, 0.1) is 0 Å². The molecule has 1 saturated heterocycles. The number of hydrogen-bond donors (Lipinski definition) is 0. The molecule has 20 heavy (non-hydrogen) atoms. The molecule has 4 rings (SSSR count). The summed E-state index contributed by atoms with van der Waals surface area (Å²) in [7, 11) is 0. The SMILES string of the molecule is Clc1ccc([C@@H]2C[C@H]3c4ccccc4CN3CO2)cc1. The van der Waals surface area contributed by atoms with Gasteiger partial charge in [0.05, 0.1) is 6.10 Å². The van der Waals surface area contributed by atoms with Gasteiger partial charge >= 0.3 is 0 Å². The monoisotopic (exact) mass is 285 g/mol. The lowest BCUT2D eigenvalue weighted by atomic mass is 9.95. The van der Waals surface area contributed by atoms with Gasteiger partial charge in [-0.2, -0.15) is 0 Å². The van der Waals surface area contributed by atoms with Crippen LogP contribution in [0.2, 0.25) is 5.02 Å². The van der Waals surface area contributed by atoms with Crippen molar-refractivity contribution in [2.45, 2.75) is 25.1 Å². The zero-order valence-corrected chi connectivity index (χ0v) is 11.9. The van der Waals surface area contributed by atoms with Gasteiger partial charge in [0.2, 0.25) is 0 Å². The molecule has 2 nitrogen and oxygen atoms in total. The number of fused-ring (bicyclic) bond motifs is 3. The highest BCUT2D eigenvalue weighted by Gasteiger charge is 2.36. The van der Waals surface area contributed by atoms with Gasteiger partial charge in [0.15, 0.2) is 0 Å². The molecular weight excluding hydrogens is 270 g/mol. The highest BCUT2D eigenvalue weighted by molar-refractivity contribution is 6.30. The second kappa shape index (κ2) is 4.88. The Labute approximate surface area is 123 Å². The molecular formula is C17H16ClNO. The van der Waals surface area contributed by atoms with Crippen molar-refractivity contribution in [3.8, 4) is 0 Å². The Kier molecular flexibility index (Phi) is 3.03. The molecule has 0 spiro atoms. The first-order valence-electron chi connectivity index (χ1n) is 7.00. The number of halogens is 1. The van der Waals surface area contributed by atoms with Crippen molar-refractivity contribution >= 4 is 11.6 Å². The predicted molar refractivity (Wildman–Crippen MR) is 79.5 cm³/mol. The van der Waals surface area contributed by atoms with Crippen molar-refractivity contribution in [3.05, 3.63) is 70.2 Å². The van der Waals surface area contributed by atoms with Gasteiger partial charge in [-0.3, -0.25) is 4.90 Å². The standard InChI is InChI=1S/C17H16ClNO/c18-14-7-5-12(6-8-14)17-9-16-15-4-2-1-3-13(15)10-19(16)11-20-17/h1-8,16-17H,9-11H2/t16-,17-/m0/s1. The van der Waals surface area contributed by atoms with Crippen LogP contribution in [0.1, 0.15) is 35.3 Å². The lowest BCUT2D eigenvalue weighted by Crippen LogP contribution is -2.33. The van der Waals surface area contributed by atoms with Crippen molar-refractivity contribution < 1.29 is 4.74 Å². The summed E-state index contributed by atoms with van der Waals surface area (Å²) in [6.07, 6.45) is 1.18. The van der Waals surface area contributed by atoms with Gasteiger partial charge in [-0.1, -0.05) is 48.0 Å². The Morgan fingerprint density at radius 3 is 2.70 bits per heavy atom. The van der Waals surface area contributed by atoms with E-state index in [4.69, 9.17) is 16.3 Å². The van der Waals surface area contributed by atoms with E-state index in [0.29, 0.717) is 12.8 Å². The second-order valence-corrected chi connectivity index (χ2v) is 5.97. The highest BCUT2D eigenvalue weighted by atomic mass is 35.5. The van der Waals surface area contributed by atoms with Crippen LogP contribution in [-0.2, 0) is 11.3 Å². The van der Waals surface area contributed by atoms with E-state index < -0.39 is 0 Å². The Bertz CT molecular complexity index is 625. The number of ether oxygens (including phenoxy) is 1. The van der Waals surface area contributed by atoms with E-state index >= 15 is 0 Å². The van der Waals surface area contributed by atoms with E-state index in [1.807, 2.05) is 12.1 Å². The highest BCUT2D eigenvalue weighted by Crippen LogP contribution is 2.43. The van der Waals surface area contributed by atoms with Crippen molar-refractivity contribution in [2.24, 2.45) is 0 Å². The van der Waals surface area contributed by atoms with Crippen LogP contribution in [0.4, 0.5) is 0 Å². The number of rotatable bonds is 1. The summed E-state index contributed by atoms with van der Waals surface area (Å²) in [6.45, 7) is 1.71. The maximum absolute atomic E-state index is 6.03. The summed E-state index contributed by atoms with van der Waals surface area (Å²) in [5.74, 6) is 0. The Balaban J connectivity index is 1.61. The van der Waals surface area contributed by atoms with Gasteiger partial charge < -0.3 is 4.74 Å². The molecule has 0 unspecified atom stereocenters. The molecule has 2 aromatic carbocycles. The lowest BCUT2D eigenvalue weighted by molar-refractivity contribution is -0.0967. The zero-order valence-electron chi connectivity index (χ0n) is 11.1. The van der Waals surface area contributed by atoms with Crippen LogP contribution in [0.5, 0.6) is 0 Å². The topological polar surface area (TPSA) is 12.5 Å². The van der Waals surface area contributed by atoms with E-state index in [1.54, 1.807) is 0 Å². The zero-order chi connectivity index (χ0) is 13.5. The van der Waals surface area contributed by atoms with E-state index in [9.17, 15) is 0 Å². The Morgan fingerprint density at radius 2 is 1.85 bits per heavy atom. The summed E-state index contributed by atoms with van der Waals surface area (Å²) in [6, 6.07) is 17.2. The van der Waals surface area contributed by atoms with E-state index in [2.05, 4.69) is 41.3 Å². The molecule has 0 radical (unpaired) electrons. The minimum Gasteiger partial charge on any atom is -0.358 e. The molecule has 2 aliphatic rings. The fourth-order valence-electron chi connectivity index (χ4n) is 3.31. The quantitative estimate of drug-likeness (QED) is 0.774. The van der Waals surface area contributed by atoms with Gasteiger partial charge in [0, 0.05) is 17.6 Å². The number of nitrogens with zero attached hydrogens (tertiary/aromatic N) is 1. The molecule has 0 bridgehead atoms. The minimum absolute atomic E-state index is 0.166. The van der Waals surface area contributed by atoms with Crippen LogP contribution in [0.3, 0.4) is 0 Å². The minimum atomic E-state index is 0.166. The van der Waals surface area contributed by atoms with Gasteiger partial charge in [-0.25, -0.2) is 0 Å². The second-order valence-electron chi connectivity index (χ2n) is 5.53. The van der Waals surface area contributed by atoms with Gasteiger partial charge in [-0.15, -0.1) is 0 Å². The largest absolute Gasteiger partial charge is 0.358 e. The summed E-state index contributed by atoms with van der Waals surface area (Å²) in [5, 5.41) is 0.775. The smallest absolute Gasteiger partial charge is 0.101 e. The molecule has 2 aromatic rings. The van der Waals surface area contributed by atoms with E-state index in [-0.39, 0.29) is 6.10 Å². The molecule has 0 aliphatic carbocycles. The first kappa shape index (κ1) is 12.4. The average Bonchev–Trinajstić information content (AvgIpc) is 2.86. The van der Waals surface area contributed by atoms with Crippen LogP contribution in [0.15, 0.2) is 48.5 Å². The van der Waals surface area contributed by atoms with Crippen LogP contribution >= 0.6 is 11.6 Å². The first-order chi connectivity index (χ1) is 9.81. The van der Waals surface area contributed by atoms with Crippen LogP contribution in [-0.4, -0.2) is 11.6 Å². The normalized spacial score (nSPS) is 25.2. The summed E-state index contributed by atoms with van der Waals surface area (Å²) in [4.78, 5) is 2.41. The third-order valence-corrected chi connectivity index (χ3v) is 4.60. The van der Waals surface area contributed by atoms with Gasteiger partial charge in [0.25, 0.3) is 0 Å². The number of hydrogen-bond acceptors (Lipinski definition) is 2. The number of benzene rings is 2. The molecule has 0 N–H and O–H groups in total. The van der Waals surface area contributed by atoms with E-state index in [1.165, 1.54) is 16.7 Å². The van der Waals surface area contributed by atoms with Crippen molar-refractivity contribution in [1.82, 2.24) is 4.90 Å². The molecule has 2 aliphatic heterocycles. The van der Waals surface area contributed by atoms with Crippen molar-refractivity contribution in [3.63, 3.8) is 0 Å². The molecule has 102 valence electrons. The average molecular weight is 286 g/mol. The fraction of sp³-hybridized carbons (Fsp3) is 0.294. The summed E-state index contributed by atoms with van der Waals surface area (Å²) < 4.78 is 6.03. The summed E-state index contributed by atoms with van der Waals surface area (Å²) in [5.41, 5.74) is 4.13. The molecule has 2 heterocycles. The Hall–Kier alpha value is -1.35. The molecule has 1 fully saturated rings.